The molecule has 0 N–H and O–H groups in total. The lowest BCUT2D eigenvalue weighted by Crippen LogP contribution is -2.33. The highest BCUT2D eigenvalue weighted by Crippen LogP contribution is 2.28. The standard InChI is InChI=1S/C12H16BrNO2S/c1-9-8-14(17(2,15)16)6-5-10-3-4-11(13)7-12(9)10/h3-4,7,9H,5-6,8H2,1-2H3. The van der Waals surface area contributed by atoms with Crippen LogP contribution in [0, 0.1) is 0 Å². The maximum atomic E-state index is 11.6. The molecule has 94 valence electrons. The summed E-state index contributed by atoms with van der Waals surface area (Å²) in [5, 5.41) is 0. The van der Waals surface area contributed by atoms with Crippen LogP contribution in [0.5, 0.6) is 0 Å². The Morgan fingerprint density at radius 3 is 2.76 bits per heavy atom. The summed E-state index contributed by atoms with van der Waals surface area (Å²) in [6, 6.07) is 6.20. The molecule has 1 heterocycles. The zero-order chi connectivity index (χ0) is 12.6. The van der Waals surface area contributed by atoms with Gasteiger partial charge in [-0.3, -0.25) is 0 Å². The van der Waals surface area contributed by atoms with Crippen molar-refractivity contribution in [1.29, 1.82) is 0 Å². The lowest BCUT2D eigenvalue weighted by molar-refractivity contribution is 0.410. The Kier molecular flexibility index (Phi) is 3.61. The Balaban J connectivity index is 2.36. The summed E-state index contributed by atoms with van der Waals surface area (Å²) in [6.45, 7) is 3.23. The normalized spacial score (nSPS) is 21.9. The first kappa shape index (κ1) is 13.1. The van der Waals surface area contributed by atoms with Gasteiger partial charge < -0.3 is 0 Å². The zero-order valence-electron chi connectivity index (χ0n) is 9.98. The lowest BCUT2D eigenvalue weighted by Gasteiger charge is -2.20. The number of benzene rings is 1. The predicted octanol–water partition coefficient (Wildman–Crippen LogP) is 2.37. The molecule has 0 fully saturated rings. The van der Waals surface area contributed by atoms with Crippen LogP contribution in [0.25, 0.3) is 0 Å². The molecule has 5 heteroatoms. The molecular formula is C12H16BrNO2S. The molecule has 0 aliphatic carbocycles. The molecule has 1 unspecified atom stereocenters. The lowest BCUT2D eigenvalue weighted by atomic mass is 9.96. The summed E-state index contributed by atoms with van der Waals surface area (Å²) in [5.74, 6) is 0.236. The average Bonchev–Trinajstić information content (AvgIpc) is 2.38. The van der Waals surface area contributed by atoms with Gasteiger partial charge in [-0.05, 0) is 35.6 Å². The van der Waals surface area contributed by atoms with Crippen LogP contribution < -0.4 is 0 Å². The number of rotatable bonds is 1. The first-order valence-electron chi connectivity index (χ1n) is 5.61. The number of fused-ring (bicyclic) bond motifs is 1. The minimum atomic E-state index is -3.09. The van der Waals surface area contributed by atoms with Crippen LogP contribution in [0.1, 0.15) is 24.0 Å². The summed E-state index contributed by atoms with van der Waals surface area (Å²) >= 11 is 3.47. The molecule has 1 aromatic carbocycles. The fraction of sp³-hybridized carbons (Fsp3) is 0.500. The van der Waals surface area contributed by atoms with Crippen molar-refractivity contribution in [3.05, 3.63) is 33.8 Å². The second-order valence-corrected chi connectivity index (χ2v) is 7.51. The van der Waals surface area contributed by atoms with Crippen molar-refractivity contribution in [3.8, 4) is 0 Å². The molecule has 1 aromatic rings. The van der Waals surface area contributed by atoms with Crippen LogP contribution in [-0.2, 0) is 16.4 Å². The van der Waals surface area contributed by atoms with Crippen LogP contribution in [0.4, 0.5) is 0 Å². The summed E-state index contributed by atoms with van der Waals surface area (Å²) in [4.78, 5) is 0. The molecule has 17 heavy (non-hydrogen) atoms. The molecule has 0 bridgehead atoms. The maximum absolute atomic E-state index is 11.6. The number of sulfonamides is 1. The largest absolute Gasteiger partial charge is 0.213 e. The molecule has 0 radical (unpaired) electrons. The Hall–Kier alpha value is -0.390. The van der Waals surface area contributed by atoms with Crippen molar-refractivity contribution >= 4 is 26.0 Å². The molecule has 0 saturated heterocycles. The van der Waals surface area contributed by atoms with E-state index in [-0.39, 0.29) is 5.92 Å². The van der Waals surface area contributed by atoms with Gasteiger partial charge in [-0.25, -0.2) is 12.7 Å². The molecular weight excluding hydrogens is 302 g/mol. The third-order valence-electron chi connectivity index (χ3n) is 3.22. The molecule has 1 atom stereocenters. The van der Waals surface area contributed by atoms with E-state index in [0.717, 1.165) is 10.9 Å². The van der Waals surface area contributed by atoms with Crippen molar-refractivity contribution in [1.82, 2.24) is 4.31 Å². The van der Waals surface area contributed by atoms with Gasteiger partial charge in [-0.2, -0.15) is 0 Å². The van der Waals surface area contributed by atoms with Crippen molar-refractivity contribution in [2.24, 2.45) is 0 Å². The van der Waals surface area contributed by atoms with E-state index >= 15 is 0 Å². The van der Waals surface area contributed by atoms with E-state index < -0.39 is 10.0 Å². The highest BCUT2D eigenvalue weighted by Gasteiger charge is 2.25. The highest BCUT2D eigenvalue weighted by atomic mass is 79.9. The maximum Gasteiger partial charge on any atom is 0.211 e. The van der Waals surface area contributed by atoms with E-state index in [9.17, 15) is 8.42 Å². The predicted molar refractivity (Wildman–Crippen MR) is 72.7 cm³/mol. The van der Waals surface area contributed by atoms with E-state index in [4.69, 9.17) is 0 Å². The van der Waals surface area contributed by atoms with Crippen molar-refractivity contribution in [2.75, 3.05) is 19.3 Å². The van der Waals surface area contributed by atoms with Gasteiger partial charge in [0.15, 0.2) is 0 Å². The molecule has 2 rings (SSSR count). The van der Waals surface area contributed by atoms with E-state index in [0.29, 0.717) is 13.1 Å². The second-order valence-electron chi connectivity index (χ2n) is 4.62. The number of halogens is 1. The van der Waals surface area contributed by atoms with Crippen LogP contribution in [0.15, 0.2) is 22.7 Å². The molecule has 0 aromatic heterocycles. The van der Waals surface area contributed by atoms with E-state index in [1.165, 1.54) is 17.4 Å². The van der Waals surface area contributed by atoms with Gasteiger partial charge in [-0.15, -0.1) is 0 Å². The quantitative estimate of drug-likeness (QED) is 0.797. The first-order valence-corrected chi connectivity index (χ1v) is 8.25. The van der Waals surface area contributed by atoms with Crippen LogP contribution >= 0.6 is 15.9 Å². The zero-order valence-corrected chi connectivity index (χ0v) is 12.4. The fourth-order valence-electron chi connectivity index (χ4n) is 2.29. The van der Waals surface area contributed by atoms with E-state index in [1.807, 2.05) is 6.07 Å². The molecule has 1 aliphatic heterocycles. The highest BCUT2D eigenvalue weighted by molar-refractivity contribution is 9.10. The Morgan fingerprint density at radius 2 is 2.12 bits per heavy atom. The van der Waals surface area contributed by atoms with Gasteiger partial charge in [-0.1, -0.05) is 28.9 Å². The minimum absolute atomic E-state index is 0.236. The summed E-state index contributed by atoms with van der Waals surface area (Å²) in [7, 11) is -3.09. The molecule has 0 spiro atoms. The topological polar surface area (TPSA) is 37.4 Å². The molecule has 3 nitrogen and oxygen atoms in total. The van der Waals surface area contributed by atoms with Crippen molar-refractivity contribution < 1.29 is 8.42 Å². The van der Waals surface area contributed by atoms with Gasteiger partial charge in [0.25, 0.3) is 0 Å². The smallest absolute Gasteiger partial charge is 0.211 e. The van der Waals surface area contributed by atoms with Crippen molar-refractivity contribution in [3.63, 3.8) is 0 Å². The molecule has 1 aliphatic rings. The summed E-state index contributed by atoms with van der Waals surface area (Å²) in [6.07, 6.45) is 2.08. The van der Waals surface area contributed by atoms with Crippen molar-refractivity contribution in [2.45, 2.75) is 19.3 Å². The Labute approximate surface area is 111 Å². The van der Waals surface area contributed by atoms with Crippen LogP contribution in [0.3, 0.4) is 0 Å². The summed E-state index contributed by atoms with van der Waals surface area (Å²) in [5.41, 5.74) is 2.51. The third kappa shape index (κ3) is 2.89. The average molecular weight is 318 g/mol. The minimum Gasteiger partial charge on any atom is -0.213 e. The van der Waals surface area contributed by atoms with Gasteiger partial charge >= 0.3 is 0 Å². The third-order valence-corrected chi connectivity index (χ3v) is 4.98. The Morgan fingerprint density at radius 1 is 1.41 bits per heavy atom. The van der Waals surface area contributed by atoms with Crippen LogP contribution in [-0.4, -0.2) is 32.1 Å². The number of hydrogen-bond donors (Lipinski definition) is 0. The van der Waals surface area contributed by atoms with Gasteiger partial charge in [0, 0.05) is 17.6 Å². The number of hydrogen-bond acceptors (Lipinski definition) is 2. The van der Waals surface area contributed by atoms with E-state index in [1.54, 1.807) is 4.31 Å². The SMILES string of the molecule is CC1CN(S(C)(=O)=O)CCc2ccc(Br)cc21. The fourth-order valence-corrected chi connectivity index (χ4v) is 3.59. The number of nitrogens with zero attached hydrogens (tertiary/aromatic N) is 1. The Bertz CT molecular complexity index is 527. The monoisotopic (exact) mass is 317 g/mol. The van der Waals surface area contributed by atoms with Gasteiger partial charge in [0.05, 0.1) is 6.26 Å². The van der Waals surface area contributed by atoms with Gasteiger partial charge in [0.1, 0.15) is 0 Å². The molecule has 0 saturated carbocycles. The first-order chi connectivity index (χ1) is 7.88. The molecule has 0 amide bonds. The van der Waals surface area contributed by atoms with E-state index in [2.05, 4.69) is 35.0 Å². The van der Waals surface area contributed by atoms with Crippen LogP contribution in [0.2, 0.25) is 0 Å². The van der Waals surface area contributed by atoms with Gasteiger partial charge in [0.2, 0.25) is 10.0 Å². The second kappa shape index (κ2) is 4.71. The summed E-state index contributed by atoms with van der Waals surface area (Å²) < 4.78 is 25.9.